The summed E-state index contributed by atoms with van der Waals surface area (Å²) in [5.74, 6) is -3.46. The van der Waals surface area contributed by atoms with Crippen molar-refractivity contribution in [2.45, 2.75) is 32.5 Å². The predicted octanol–water partition coefficient (Wildman–Crippen LogP) is 5.62. The van der Waals surface area contributed by atoms with Crippen LogP contribution in [0.25, 0.3) is 6.08 Å². The highest BCUT2D eigenvalue weighted by atomic mass is 19.4. The first-order chi connectivity index (χ1) is 14.4. The van der Waals surface area contributed by atoms with E-state index in [0.29, 0.717) is 30.1 Å². The standard InChI is InChI=1S/C21H18F5N3O2/c1-13-18(28-19(30)8-7-16-4-3-9-31-16)11-27-29(13)12-14-5-6-15(21(24,25)26)10-17(14)20(2,22)23/h3-11H,12H2,1-2H3,(H,28,30)/b8-7+. The van der Waals surface area contributed by atoms with Gasteiger partial charge in [0.2, 0.25) is 5.91 Å². The SMILES string of the molecule is Cc1c(NC(=O)/C=C/c2ccco2)cnn1Cc1ccc(C(F)(F)F)cc1C(C)(F)F. The Morgan fingerprint density at radius 3 is 2.58 bits per heavy atom. The van der Waals surface area contributed by atoms with Gasteiger partial charge >= 0.3 is 6.18 Å². The van der Waals surface area contributed by atoms with Crippen LogP contribution in [-0.2, 0) is 23.4 Å². The molecule has 0 aliphatic heterocycles. The van der Waals surface area contributed by atoms with E-state index in [9.17, 15) is 26.7 Å². The Kier molecular flexibility index (Phi) is 6.01. The van der Waals surface area contributed by atoms with E-state index in [1.165, 1.54) is 29.3 Å². The van der Waals surface area contributed by atoms with Crippen LogP contribution in [0.3, 0.4) is 0 Å². The van der Waals surface area contributed by atoms with Crippen LogP contribution in [0, 0.1) is 6.92 Å². The molecular formula is C21H18F5N3O2. The van der Waals surface area contributed by atoms with Gasteiger partial charge < -0.3 is 9.73 Å². The summed E-state index contributed by atoms with van der Waals surface area (Å²) in [6, 6.07) is 5.56. The van der Waals surface area contributed by atoms with Crippen molar-refractivity contribution in [3.8, 4) is 0 Å². The largest absolute Gasteiger partial charge is 0.465 e. The molecule has 0 aliphatic rings. The molecule has 31 heavy (non-hydrogen) atoms. The van der Waals surface area contributed by atoms with Crippen LogP contribution >= 0.6 is 0 Å². The number of nitrogens with one attached hydrogen (secondary N) is 1. The van der Waals surface area contributed by atoms with Crippen LogP contribution in [0.5, 0.6) is 0 Å². The number of nitrogens with zero attached hydrogens (tertiary/aromatic N) is 2. The Hall–Kier alpha value is -3.43. The lowest BCUT2D eigenvalue weighted by atomic mass is 9.99. The summed E-state index contributed by atoms with van der Waals surface area (Å²) in [5.41, 5.74) is -1.11. The van der Waals surface area contributed by atoms with Crippen LogP contribution in [0.2, 0.25) is 0 Å². The van der Waals surface area contributed by atoms with E-state index in [1.54, 1.807) is 19.1 Å². The number of hydrogen-bond donors (Lipinski definition) is 1. The summed E-state index contributed by atoms with van der Waals surface area (Å²) >= 11 is 0. The molecule has 1 aromatic carbocycles. The molecule has 0 unspecified atom stereocenters. The number of hydrogen-bond acceptors (Lipinski definition) is 3. The first-order valence-corrected chi connectivity index (χ1v) is 9.08. The molecule has 2 heterocycles. The summed E-state index contributed by atoms with van der Waals surface area (Å²) in [7, 11) is 0. The van der Waals surface area contributed by atoms with E-state index in [-0.39, 0.29) is 12.1 Å². The van der Waals surface area contributed by atoms with Crippen LogP contribution in [0.4, 0.5) is 27.6 Å². The summed E-state index contributed by atoms with van der Waals surface area (Å²) in [6.45, 7) is 1.95. The second-order valence-corrected chi connectivity index (χ2v) is 6.90. The molecule has 3 rings (SSSR count). The maximum absolute atomic E-state index is 14.0. The number of alkyl halides is 5. The van der Waals surface area contributed by atoms with Crippen molar-refractivity contribution in [3.05, 3.63) is 77.0 Å². The minimum absolute atomic E-state index is 0.0118. The first kappa shape index (κ1) is 22.3. The molecule has 1 amide bonds. The third kappa shape index (κ3) is 5.39. The second kappa shape index (κ2) is 8.37. The molecule has 1 N–H and O–H groups in total. The number of benzene rings is 1. The van der Waals surface area contributed by atoms with Gasteiger partial charge in [-0.2, -0.15) is 18.3 Å². The van der Waals surface area contributed by atoms with Gasteiger partial charge in [-0.15, -0.1) is 0 Å². The number of amides is 1. The van der Waals surface area contributed by atoms with Gasteiger partial charge in [0.05, 0.1) is 35.9 Å². The van der Waals surface area contributed by atoms with Crippen molar-refractivity contribution in [1.29, 1.82) is 0 Å². The minimum Gasteiger partial charge on any atom is -0.465 e. The molecule has 5 nitrogen and oxygen atoms in total. The smallest absolute Gasteiger partial charge is 0.416 e. The molecule has 0 saturated carbocycles. The molecule has 3 aromatic rings. The van der Waals surface area contributed by atoms with E-state index in [0.717, 1.165) is 12.1 Å². The van der Waals surface area contributed by atoms with E-state index in [2.05, 4.69) is 10.4 Å². The van der Waals surface area contributed by atoms with Crippen LogP contribution < -0.4 is 5.32 Å². The quantitative estimate of drug-likeness (QED) is 0.401. The number of carbonyl (C=O) groups excluding carboxylic acids is 1. The van der Waals surface area contributed by atoms with Gasteiger partial charge in [0.15, 0.2) is 0 Å². The summed E-state index contributed by atoms with van der Waals surface area (Å²) in [6.07, 6.45) is 0.776. The van der Waals surface area contributed by atoms with Crippen molar-refractivity contribution < 1.29 is 31.2 Å². The van der Waals surface area contributed by atoms with Gasteiger partial charge in [-0.05, 0) is 42.8 Å². The average molecular weight is 439 g/mol. The lowest BCUT2D eigenvalue weighted by Gasteiger charge is -2.19. The number of furan rings is 1. The molecule has 0 saturated heterocycles. The molecule has 2 aromatic heterocycles. The van der Waals surface area contributed by atoms with Gasteiger partial charge in [-0.25, -0.2) is 8.78 Å². The maximum Gasteiger partial charge on any atom is 0.416 e. The maximum atomic E-state index is 14.0. The Labute approximate surface area is 174 Å². The highest BCUT2D eigenvalue weighted by Crippen LogP contribution is 2.36. The van der Waals surface area contributed by atoms with E-state index in [1.807, 2.05) is 0 Å². The van der Waals surface area contributed by atoms with Crippen molar-refractivity contribution in [2.24, 2.45) is 0 Å². The van der Waals surface area contributed by atoms with Crippen molar-refractivity contribution in [2.75, 3.05) is 5.32 Å². The topological polar surface area (TPSA) is 60.1 Å². The van der Waals surface area contributed by atoms with Crippen LogP contribution in [0.15, 0.2) is 53.3 Å². The van der Waals surface area contributed by atoms with Gasteiger partial charge in [0.25, 0.3) is 5.92 Å². The Bertz CT molecular complexity index is 1090. The van der Waals surface area contributed by atoms with E-state index >= 15 is 0 Å². The Balaban J connectivity index is 1.81. The number of carbonyl (C=O) groups is 1. The highest BCUT2D eigenvalue weighted by Gasteiger charge is 2.35. The molecule has 0 fully saturated rings. The van der Waals surface area contributed by atoms with Crippen molar-refractivity contribution >= 4 is 17.7 Å². The highest BCUT2D eigenvalue weighted by molar-refractivity contribution is 6.01. The minimum atomic E-state index is -4.74. The second-order valence-electron chi connectivity index (χ2n) is 6.90. The van der Waals surface area contributed by atoms with Gasteiger partial charge in [-0.1, -0.05) is 6.07 Å². The lowest BCUT2D eigenvalue weighted by Crippen LogP contribution is -2.17. The number of rotatable bonds is 6. The molecule has 164 valence electrons. The monoisotopic (exact) mass is 439 g/mol. The van der Waals surface area contributed by atoms with Crippen molar-refractivity contribution in [1.82, 2.24) is 9.78 Å². The van der Waals surface area contributed by atoms with Crippen LogP contribution in [0.1, 0.15) is 35.1 Å². The number of anilines is 1. The Morgan fingerprint density at radius 2 is 1.97 bits per heavy atom. The molecule has 0 aliphatic carbocycles. The Morgan fingerprint density at radius 1 is 1.23 bits per heavy atom. The molecule has 0 atom stereocenters. The fourth-order valence-electron chi connectivity index (χ4n) is 2.91. The summed E-state index contributed by atoms with van der Waals surface area (Å²) < 4.78 is 73.2. The van der Waals surface area contributed by atoms with Crippen LogP contribution in [-0.4, -0.2) is 15.7 Å². The zero-order valence-corrected chi connectivity index (χ0v) is 16.5. The van der Waals surface area contributed by atoms with Crippen molar-refractivity contribution in [3.63, 3.8) is 0 Å². The zero-order valence-electron chi connectivity index (χ0n) is 16.5. The predicted molar refractivity (Wildman–Crippen MR) is 103 cm³/mol. The average Bonchev–Trinajstić information content (AvgIpc) is 3.30. The lowest BCUT2D eigenvalue weighted by molar-refractivity contribution is -0.137. The molecule has 0 spiro atoms. The third-order valence-electron chi connectivity index (χ3n) is 4.53. The van der Waals surface area contributed by atoms with Gasteiger partial charge in [-0.3, -0.25) is 9.48 Å². The first-order valence-electron chi connectivity index (χ1n) is 9.08. The third-order valence-corrected chi connectivity index (χ3v) is 4.53. The van der Waals surface area contributed by atoms with E-state index in [4.69, 9.17) is 4.42 Å². The molecular weight excluding hydrogens is 421 g/mol. The molecule has 0 bridgehead atoms. The normalized spacial score (nSPS) is 12.5. The number of aromatic nitrogens is 2. The van der Waals surface area contributed by atoms with Gasteiger partial charge in [0, 0.05) is 18.6 Å². The fourth-order valence-corrected chi connectivity index (χ4v) is 2.91. The molecule has 10 heteroatoms. The fraction of sp³-hybridized carbons (Fsp3) is 0.238. The summed E-state index contributed by atoms with van der Waals surface area (Å²) in [5, 5.41) is 6.67. The van der Waals surface area contributed by atoms with Gasteiger partial charge in [0.1, 0.15) is 5.76 Å². The zero-order chi connectivity index (χ0) is 22.8. The van der Waals surface area contributed by atoms with E-state index < -0.39 is 29.1 Å². The summed E-state index contributed by atoms with van der Waals surface area (Å²) in [4.78, 5) is 12.1. The molecule has 0 radical (unpaired) electrons. The number of halogens is 5.